The van der Waals surface area contributed by atoms with Gasteiger partial charge in [0.1, 0.15) is 0 Å². The van der Waals surface area contributed by atoms with Crippen LogP contribution in [0, 0.1) is 5.92 Å². The summed E-state index contributed by atoms with van der Waals surface area (Å²) in [7, 11) is 0. The summed E-state index contributed by atoms with van der Waals surface area (Å²) in [6.07, 6.45) is 7.79. The Labute approximate surface area is 174 Å². The molecule has 5 heteroatoms. The van der Waals surface area contributed by atoms with Crippen molar-refractivity contribution in [3.05, 3.63) is 0 Å². The van der Waals surface area contributed by atoms with Crippen LogP contribution in [-0.4, -0.2) is 108 Å². The van der Waals surface area contributed by atoms with Gasteiger partial charge in [0.25, 0.3) is 0 Å². The summed E-state index contributed by atoms with van der Waals surface area (Å²) >= 11 is 0. The molecule has 4 heterocycles. The molecule has 5 nitrogen and oxygen atoms in total. The number of fused-ring (bicyclic) bond motifs is 1. The second-order valence-electron chi connectivity index (χ2n) is 9.35. The average molecular weight is 395 g/mol. The maximum absolute atomic E-state index is 9.91. The Bertz CT molecular complexity index is 446. The second-order valence-corrected chi connectivity index (χ2v) is 9.35. The third-order valence-corrected chi connectivity index (χ3v) is 7.93. The third kappa shape index (κ3) is 5.10. The molecule has 4 aliphatic rings. The van der Waals surface area contributed by atoms with Crippen LogP contribution in [0.15, 0.2) is 0 Å². The zero-order valence-electron chi connectivity index (χ0n) is 18.9. The van der Waals surface area contributed by atoms with Gasteiger partial charge in [-0.15, -0.1) is 0 Å². The van der Waals surface area contributed by atoms with Crippen LogP contribution in [0.1, 0.15) is 59.3 Å². The van der Waals surface area contributed by atoms with Crippen molar-refractivity contribution in [1.82, 2.24) is 19.6 Å². The van der Waals surface area contributed by atoms with Gasteiger partial charge >= 0.3 is 0 Å². The molecular formula is C23H46N4O. The lowest BCUT2D eigenvalue weighted by atomic mass is 9.95. The molecule has 0 spiro atoms. The highest BCUT2D eigenvalue weighted by Crippen LogP contribution is 2.42. The number of piperazine rings is 1. The van der Waals surface area contributed by atoms with Crippen molar-refractivity contribution in [3.8, 4) is 0 Å². The van der Waals surface area contributed by atoms with Gasteiger partial charge in [-0.1, -0.05) is 20.8 Å². The Morgan fingerprint density at radius 3 is 2.04 bits per heavy atom. The van der Waals surface area contributed by atoms with Crippen LogP contribution in [0.3, 0.4) is 0 Å². The van der Waals surface area contributed by atoms with Gasteiger partial charge in [-0.2, -0.15) is 0 Å². The minimum atomic E-state index is 0.153. The van der Waals surface area contributed by atoms with Gasteiger partial charge in [0.2, 0.25) is 0 Å². The minimum Gasteiger partial charge on any atom is -0.394 e. The molecule has 0 amide bonds. The maximum Gasteiger partial charge on any atom is 0.0615 e. The van der Waals surface area contributed by atoms with E-state index >= 15 is 0 Å². The third-order valence-electron chi connectivity index (χ3n) is 7.93. The molecule has 0 aliphatic carbocycles. The van der Waals surface area contributed by atoms with E-state index in [0.717, 1.165) is 5.92 Å². The first kappa shape index (κ1) is 22.5. The van der Waals surface area contributed by atoms with Crippen molar-refractivity contribution in [2.75, 3.05) is 72.1 Å². The predicted molar refractivity (Wildman–Crippen MR) is 118 cm³/mol. The molecule has 4 rings (SSSR count). The summed E-state index contributed by atoms with van der Waals surface area (Å²) in [5.74, 6) is 0.925. The topological polar surface area (TPSA) is 33.2 Å². The van der Waals surface area contributed by atoms with Gasteiger partial charge in [-0.3, -0.25) is 9.80 Å². The molecule has 164 valence electrons. The second kappa shape index (κ2) is 10.7. The smallest absolute Gasteiger partial charge is 0.0615 e. The van der Waals surface area contributed by atoms with Crippen LogP contribution in [0.5, 0.6) is 0 Å². The van der Waals surface area contributed by atoms with E-state index in [4.69, 9.17) is 0 Å². The van der Waals surface area contributed by atoms with E-state index in [1.807, 2.05) is 13.8 Å². The molecule has 28 heavy (non-hydrogen) atoms. The zero-order valence-corrected chi connectivity index (χ0v) is 18.9. The van der Waals surface area contributed by atoms with Gasteiger partial charge in [0.05, 0.1) is 6.61 Å². The lowest BCUT2D eigenvalue weighted by Crippen LogP contribution is -2.53. The first-order chi connectivity index (χ1) is 13.7. The number of hydrogen-bond acceptors (Lipinski definition) is 5. The van der Waals surface area contributed by atoms with Gasteiger partial charge in [0, 0.05) is 50.8 Å². The summed E-state index contributed by atoms with van der Waals surface area (Å²) < 4.78 is 0. The van der Waals surface area contributed by atoms with Crippen LogP contribution in [0.25, 0.3) is 0 Å². The van der Waals surface area contributed by atoms with E-state index in [1.165, 1.54) is 104 Å². The van der Waals surface area contributed by atoms with Gasteiger partial charge < -0.3 is 14.9 Å². The average Bonchev–Trinajstić information content (AvgIpc) is 3.32. The number of piperidine rings is 1. The lowest BCUT2D eigenvalue weighted by Gasteiger charge is -2.41. The summed E-state index contributed by atoms with van der Waals surface area (Å²) in [5, 5.41) is 9.91. The largest absolute Gasteiger partial charge is 0.394 e. The molecule has 2 unspecified atom stereocenters. The summed E-state index contributed by atoms with van der Waals surface area (Å²) in [6, 6.07) is 0.689. The molecule has 0 saturated carbocycles. The number of aliphatic hydroxyl groups excluding tert-OH is 1. The number of rotatable bonds is 6. The Balaban J connectivity index is 0.00000109. The van der Waals surface area contributed by atoms with Crippen molar-refractivity contribution in [3.63, 3.8) is 0 Å². The Kier molecular flexibility index (Phi) is 8.61. The summed E-state index contributed by atoms with van der Waals surface area (Å²) in [6.45, 7) is 19.3. The fraction of sp³-hybridized carbons (Fsp3) is 1.00. The Morgan fingerprint density at radius 1 is 0.786 bits per heavy atom. The quantitative estimate of drug-likeness (QED) is 0.748. The standard InChI is InChI=1S/C21H40N4O.C2H6/c1-2-22-10-5-19(6-11-22)16-23-12-14-24(15-13-23)17-20-4-8-21(18-26)7-3-9-25(20)21;1-2/h19-20,26H,2-18H2,1H3;1-2H3. The van der Waals surface area contributed by atoms with Gasteiger partial charge in [-0.25, -0.2) is 0 Å². The molecule has 4 saturated heterocycles. The zero-order chi connectivity index (χ0) is 20.0. The number of aliphatic hydroxyl groups is 1. The van der Waals surface area contributed by atoms with Crippen molar-refractivity contribution >= 4 is 0 Å². The fourth-order valence-corrected chi connectivity index (χ4v) is 6.13. The molecule has 0 aromatic carbocycles. The van der Waals surface area contributed by atoms with E-state index in [0.29, 0.717) is 12.6 Å². The number of hydrogen-bond donors (Lipinski definition) is 1. The summed E-state index contributed by atoms with van der Waals surface area (Å²) in [5.41, 5.74) is 0.153. The number of likely N-dealkylation sites (tertiary alicyclic amines) is 1. The van der Waals surface area contributed by atoms with E-state index in [-0.39, 0.29) is 5.54 Å². The highest BCUT2D eigenvalue weighted by atomic mass is 16.3. The van der Waals surface area contributed by atoms with Crippen molar-refractivity contribution in [1.29, 1.82) is 0 Å². The maximum atomic E-state index is 9.91. The van der Waals surface area contributed by atoms with Crippen LogP contribution in [-0.2, 0) is 0 Å². The SMILES string of the molecule is CC.CCN1CCC(CN2CCN(CC3CCC4(CO)CCCN34)CC2)CC1. The fourth-order valence-electron chi connectivity index (χ4n) is 6.13. The molecule has 0 aromatic rings. The predicted octanol–water partition coefficient (Wildman–Crippen LogP) is 2.35. The minimum absolute atomic E-state index is 0.153. The van der Waals surface area contributed by atoms with E-state index in [1.54, 1.807) is 0 Å². The van der Waals surface area contributed by atoms with E-state index in [9.17, 15) is 5.11 Å². The Morgan fingerprint density at radius 2 is 1.43 bits per heavy atom. The molecular weight excluding hydrogens is 348 g/mol. The van der Waals surface area contributed by atoms with E-state index in [2.05, 4.69) is 26.5 Å². The first-order valence-electron chi connectivity index (χ1n) is 12.3. The van der Waals surface area contributed by atoms with Crippen LogP contribution < -0.4 is 0 Å². The van der Waals surface area contributed by atoms with Crippen molar-refractivity contribution < 1.29 is 5.11 Å². The molecule has 0 radical (unpaired) electrons. The van der Waals surface area contributed by atoms with E-state index < -0.39 is 0 Å². The van der Waals surface area contributed by atoms with Crippen LogP contribution in [0.2, 0.25) is 0 Å². The normalized spacial score (nSPS) is 33.6. The summed E-state index contributed by atoms with van der Waals surface area (Å²) in [4.78, 5) is 10.7. The highest BCUT2D eigenvalue weighted by Gasteiger charge is 2.48. The molecule has 1 N–H and O–H groups in total. The molecule has 4 fully saturated rings. The van der Waals surface area contributed by atoms with Crippen LogP contribution in [0.4, 0.5) is 0 Å². The van der Waals surface area contributed by atoms with Gasteiger partial charge in [-0.05, 0) is 70.6 Å². The van der Waals surface area contributed by atoms with Crippen LogP contribution >= 0.6 is 0 Å². The monoisotopic (exact) mass is 394 g/mol. The first-order valence-corrected chi connectivity index (χ1v) is 12.3. The molecule has 0 aromatic heterocycles. The van der Waals surface area contributed by atoms with Gasteiger partial charge in [0.15, 0.2) is 0 Å². The number of nitrogens with zero attached hydrogens (tertiary/aromatic N) is 4. The molecule has 4 aliphatic heterocycles. The lowest BCUT2D eigenvalue weighted by molar-refractivity contribution is 0.0494. The molecule has 2 atom stereocenters. The molecule has 0 bridgehead atoms. The van der Waals surface area contributed by atoms with Crippen molar-refractivity contribution in [2.24, 2.45) is 5.92 Å². The highest BCUT2D eigenvalue weighted by molar-refractivity contribution is 5.04. The Hall–Kier alpha value is -0.200. The van der Waals surface area contributed by atoms with Crippen molar-refractivity contribution in [2.45, 2.75) is 70.9 Å².